The van der Waals surface area contributed by atoms with E-state index in [2.05, 4.69) is 5.43 Å². The molecule has 3 rings (SSSR count). The highest BCUT2D eigenvalue weighted by molar-refractivity contribution is 5.95. The Kier molecular flexibility index (Phi) is 7.71. The lowest BCUT2D eigenvalue weighted by Gasteiger charge is -2.35. The lowest BCUT2D eigenvalue weighted by Crippen LogP contribution is -2.45. The topological polar surface area (TPSA) is 105 Å². The van der Waals surface area contributed by atoms with Gasteiger partial charge in [0, 0.05) is 30.3 Å². The zero-order valence-electron chi connectivity index (χ0n) is 19.4. The zero-order chi connectivity index (χ0) is 24.0. The molecule has 3 amide bonds. The fourth-order valence-corrected chi connectivity index (χ4v) is 3.79. The Hall–Kier alpha value is -3.39. The molecular formula is C25H32N4O4. The van der Waals surface area contributed by atoms with Crippen LogP contribution in [0.5, 0.6) is 0 Å². The van der Waals surface area contributed by atoms with Gasteiger partial charge in [-0.1, -0.05) is 30.3 Å². The first-order valence-electron chi connectivity index (χ1n) is 11.1. The number of hydrogen-bond donors (Lipinski definition) is 2. The Morgan fingerprint density at radius 2 is 1.64 bits per heavy atom. The SMILES string of the molecule is CC(C)(C)OC(=O)N1CCC(C(=O)N(Cc2ccc(C(=O)NN)cc2)c2ccccc2)CC1. The van der Waals surface area contributed by atoms with Crippen LogP contribution in [0.1, 0.15) is 49.5 Å². The number of anilines is 1. The van der Waals surface area contributed by atoms with E-state index in [1.165, 1.54) is 0 Å². The molecule has 1 fully saturated rings. The third kappa shape index (κ3) is 6.55. The first-order chi connectivity index (χ1) is 15.7. The van der Waals surface area contributed by atoms with Crippen molar-refractivity contribution in [3.8, 4) is 0 Å². The van der Waals surface area contributed by atoms with E-state index in [9.17, 15) is 14.4 Å². The van der Waals surface area contributed by atoms with Crippen LogP contribution in [0, 0.1) is 5.92 Å². The Morgan fingerprint density at radius 1 is 1.03 bits per heavy atom. The Labute approximate surface area is 194 Å². The molecule has 3 N–H and O–H groups in total. The van der Waals surface area contributed by atoms with Crippen LogP contribution in [0.15, 0.2) is 54.6 Å². The van der Waals surface area contributed by atoms with Crippen molar-refractivity contribution in [1.82, 2.24) is 10.3 Å². The number of nitrogen functional groups attached to an aromatic ring is 1. The van der Waals surface area contributed by atoms with Gasteiger partial charge in [0.2, 0.25) is 5.91 Å². The molecule has 2 aromatic rings. The molecular weight excluding hydrogens is 420 g/mol. The number of nitrogens with zero attached hydrogens (tertiary/aromatic N) is 2. The van der Waals surface area contributed by atoms with Gasteiger partial charge in [0.1, 0.15) is 5.60 Å². The number of carbonyl (C=O) groups excluding carboxylic acids is 3. The number of carbonyl (C=O) groups is 3. The number of benzene rings is 2. The average Bonchev–Trinajstić information content (AvgIpc) is 2.81. The van der Waals surface area contributed by atoms with Gasteiger partial charge in [-0.25, -0.2) is 10.6 Å². The molecule has 1 aliphatic heterocycles. The second-order valence-electron chi connectivity index (χ2n) is 9.17. The number of nitrogens with one attached hydrogen (secondary N) is 1. The molecule has 0 atom stereocenters. The fourth-order valence-electron chi connectivity index (χ4n) is 3.79. The number of hydrogen-bond acceptors (Lipinski definition) is 5. The van der Waals surface area contributed by atoms with Gasteiger partial charge >= 0.3 is 6.09 Å². The van der Waals surface area contributed by atoms with Crippen LogP contribution in [0.25, 0.3) is 0 Å². The molecule has 0 aromatic heterocycles. The van der Waals surface area contributed by atoms with Crippen molar-refractivity contribution in [2.75, 3.05) is 18.0 Å². The van der Waals surface area contributed by atoms with Crippen molar-refractivity contribution in [3.63, 3.8) is 0 Å². The first-order valence-corrected chi connectivity index (χ1v) is 11.1. The molecule has 0 bridgehead atoms. The molecule has 8 nitrogen and oxygen atoms in total. The van der Waals surface area contributed by atoms with E-state index >= 15 is 0 Å². The van der Waals surface area contributed by atoms with Gasteiger partial charge in [0.15, 0.2) is 0 Å². The van der Waals surface area contributed by atoms with Crippen LogP contribution in [-0.4, -0.2) is 41.5 Å². The molecule has 0 spiro atoms. The molecule has 8 heteroatoms. The van der Waals surface area contributed by atoms with Crippen molar-refractivity contribution in [2.45, 2.75) is 45.8 Å². The van der Waals surface area contributed by atoms with Gasteiger partial charge in [-0.3, -0.25) is 15.0 Å². The maximum Gasteiger partial charge on any atom is 0.410 e. The van der Waals surface area contributed by atoms with Crippen LogP contribution in [0.2, 0.25) is 0 Å². The highest BCUT2D eigenvalue weighted by atomic mass is 16.6. The lowest BCUT2D eigenvalue weighted by molar-refractivity contribution is -0.124. The van der Waals surface area contributed by atoms with E-state index in [0.717, 1.165) is 11.3 Å². The zero-order valence-corrected chi connectivity index (χ0v) is 19.4. The van der Waals surface area contributed by atoms with Crippen molar-refractivity contribution in [3.05, 3.63) is 65.7 Å². The second kappa shape index (κ2) is 10.5. The number of ether oxygens (including phenoxy) is 1. The molecule has 0 unspecified atom stereocenters. The summed E-state index contributed by atoms with van der Waals surface area (Å²) in [6.07, 6.45) is 0.823. The molecule has 1 aliphatic rings. The average molecular weight is 453 g/mol. The van der Waals surface area contributed by atoms with Crippen molar-refractivity contribution in [1.29, 1.82) is 0 Å². The third-order valence-electron chi connectivity index (χ3n) is 5.52. The van der Waals surface area contributed by atoms with Gasteiger partial charge in [-0.05, 0) is 63.4 Å². The largest absolute Gasteiger partial charge is 0.444 e. The fraction of sp³-hybridized carbons (Fsp3) is 0.400. The van der Waals surface area contributed by atoms with E-state index in [1.807, 2.05) is 63.2 Å². The quantitative estimate of drug-likeness (QED) is 0.411. The summed E-state index contributed by atoms with van der Waals surface area (Å²) in [5, 5.41) is 0. The Bertz CT molecular complexity index is 962. The predicted molar refractivity (Wildman–Crippen MR) is 126 cm³/mol. The van der Waals surface area contributed by atoms with Crippen molar-refractivity contribution < 1.29 is 19.1 Å². The maximum absolute atomic E-state index is 13.5. The lowest BCUT2D eigenvalue weighted by atomic mass is 9.95. The number of piperidine rings is 1. The van der Waals surface area contributed by atoms with E-state index in [1.54, 1.807) is 21.9 Å². The molecule has 33 heavy (non-hydrogen) atoms. The first kappa shape index (κ1) is 24.3. The summed E-state index contributed by atoms with van der Waals surface area (Å²) in [5.41, 5.74) is 3.72. The summed E-state index contributed by atoms with van der Waals surface area (Å²) >= 11 is 0. The number of para-hydroxylation sites is 1. The minimum Gasteiger partial charge on any atom is -0.444 e. The second-order valence-corrected chi connectivity index (χ2v) is 9.17. The number of nitrogens with two attached hydrogens (primary N) is 1. The monoisotopic (exact) mass is 452 g/mol. The molecule has 0 radical (unpaired) electrons. The van der Waals surface area contributed by atoms with Gasteiger partial charge in [-0.2, -0.15) is 0 Å². The van der Waals surface area contributed by atoms with E-state index < -0.39 is 5.60 Å². The molecule has 0 aliphatic carbocycles. The standard InChI is InChI=1S/C25H32N4O4/c1-25(2,3)33-24(32)28-15-13-20(14-16-28)23(31)29(21-7-5-4-6-8-21)17-18-9-11-19(12-10-18)22(30)27-26/h4-12,20H,13-17,26H2,1-3H3,(H,27,30). The van der Waals surface area contributed by atoms with E-state index in [4.69, 9.17) is 10.6 Å². The number of hydrazine groups is 1. The van der Waals surface area contributed by atoms with Crippen LogP contribution in [-0.2, 0) is 16.1 Å². The highest BCUT2D eigenvalue weighted by Gasteiger charge is 2.32. The third-order valence-corrected chi connectivity index (χ3v) is 5.52. The van der Waals surface area contributed by atoms with Gasteiger partial charge in [-0.15, -0.1) is 0 Å². The van der Waals surface area contributed by atoms with Crippen molar-refractivity contribution >= 4 is 23.6 Å². The molecule has 1 heterocycles. The Balaban J connectivity index is 1.71. The summed E-state index contributed by atoms with van der Waals surface area (Å²) in [6.45, 7) is 6.86. The molecule has 176 valence electrons. The molecule has 2 aromatic carbocycles. The van der Waals surface area contributed by atoms with Crippen LogP contribution < -0.4 is 16.2 Å². The summed E-state index contributed by atoms with van der Waals surface area (Å²) in [6, 6.07) is 16.5. The number of likely N-dealkylation sites (tertiary alicyclic amines) is 1. The summed E-state index contributed by atoms with van der Waals surface area (Å²) in [7, 11) is 0. The Morgan fingerprint density at radius 3 is 2.18 bits per heavy atom. The van der Waals surface area contributed by atoms with Crippen LogP contribution in [0.3, 0.4) is 0 Å². The number of amides is 3. The summed E-state index contributed by atoms with van der Waals surface area (Å²) in [5.74, 6) is 4.66. The smallest absolute Gasteiger partial charge is 0.410 e. The van der Waals surface area contributed by atoms with Gasteiger partial charge in [0.05, 0.1) is 6.54 Å². The molecule has 1 saturated heterocycles. The molecule has 0 saturated carbocycles. The van der Waals surface area contributed by atoms with E-state index in [-0.39, 0.29) is 23.8 Å². The van der Waals surface area contributed by atoms with Crippen LogP contribution >= 0.6 is 0 Å². The van der Waals surface area contributed by atoms with Gasteiger partial charge in [0.25, 0.3) is 5.91 Å². The minimum absolute atomic E-state index is 0.0221. The van der Waals surface area contributed by atoms with Gasteiger partial charge < -0.3 is 14.5 Å². The van der Waals surface area contributed by atoms with Crippen LogP contribution in [0.4, 0.5) is 10.5 Å². The highest BCUT2D eigenvalue weighted by Crippen LogP contribution is 2.26. The van der Waals surface area contributed by atoms with E-state index in [0.29, 0.717) is 38.0 Å². The normalized spacial score (nSPS) is 14.5. The van der Waals surface area contributed by atoms with Crippen molar-refractivity contribution in [2.24, 2.45) is 11.8 Å². The predicted octanol–water partition coefficient (Wildman–Crippen LogP) is 3.47. The maximum atomic E-state index is 13.5. The summed E-state index contributed by atoms with van der Waals surface area (Å²) < 4.78 is 5.46. The minimum atomic E-state index is -0.547. The summed E-state index contributed by atoms with van der Waals surface area (Å²) in [4.78, 5) is 41.0. The number of rotatable bonds is 5.